The van der Waals surface area contributed by atoms with Crippen molar-refractivity contribution in [3.63, 3.8) is 0 Å². The fourth-order valence-electron chi connectivity index (χ4n) is 4.14. The van der Waals surface area contributed by atoms with Crippen molar-refractivity contribution in [1.82, 2.24) is 4.90 Å². The Kier molecular flexibility index (Phi) is 7.20. The summed E-state index contributed by atoms with van der Waals surface area (Å²) in [5.41, 5.74) is 3.03. The van der Waals surface area contributed by atoms with E-state index >= 15 is 0 Å². The molecule has 3 aromatic carbocycles. The number of piperidine rings is 1. The third-order valence-corrected chi connectivity index (χ3v) is 5.87. The zero-order valence-corrected chi connectivity index (χ0v) is 18.7. The molecule has 1 unspecified atom stereocenters. The normalized spacial score (nSPS) is 16.2. The Balaban J connectivity index is 1.58. The lowest BCUT2D eigenvalue weighted by atomic mass is 9.94. The zero-order valence-electron chi connectivity index (χ0n) is 18.7. The van der Waals surface area contributed by atoms with E-state index in [9.17, 15) is 9.59 Å². The van der Waals surface area contributed by atoms with E-state index in [1.807, 2.05) is 91.0 Å². The molecular weight excluding hydrogens is 412 g/mol. The zero-order chi connectivity index (χ0) is 23.0. The highest BCUT2D eigenvalue weighted by atomic mass is 16.5. The minimum atomic E-state index is -0.244. The van der Waals surface area contributed by atoms with Gasteiger partial charge >= 0.3 is 0 Å². The van der Waals surface area contributed by atoms with Crippen molar-refractivity contribution in [3.8, 4) is 5.75 Å². The number of hydrogen-bond acceptors (Lipinski definition) is 3. The van der Waals surface area contributed by atoms with Crippen molar-refractivity contribution in [2.24, 2.45) is 5.92 Å². The van der Waals surface area contributed by atoms with E-state index < -0.39 is 0 Å². The molecule has 0 bridgehead atoms. The number of benzene rings is 3. The van der Waals surface area contributed by atoms with Crippen LogP contribution in [0.4, 0.5) is 5.69 Å². The first kappa shape index (κ1) is 22.3. The number of anilines is 1. The van der Waals surface area contributed by atoms with Crippen LogP contribution in [0.25, 0.3) is 11.6 Å². The number of carbonyl (C=O) groups excluding carboxylic acids is 2. The number of para-hydroxylation sites is 2. The molecule has 0 aromatic heterocycles. The summed E-state index contributed by atoms with van der Waals surface area (Å²) in [5.74, 6) is 0.335. The van der Waals surface area contributed by atoms with Crippen LogP contribution in [0.1, 0.15) is 24.0 Å². The van der Waals surface area contributed by atoms with E-state index in [1.165, 1.54) is 0 Å². The summed E-state index contributed by atoms with van der Waals surface area (Å²) in [5, 5.41) is 2.98. The number of carbonyl (C=O) groups is 2. The van der Waals surface area contributed by atoms with Gasteiger partial charge in [0.25, 0.3) is 5.91 Å². The highest BCUT2D eigenvalue weighted by Gasteiger charge is 2.30. The average Bonchev–Trinajstić information content (AvgIpc) is 2.88. The maximum absolute atomic E-state index is 13.7. The van der Waals surface area contributed by atoms with Crippen molar-refractivity contribution < 1.29 is 14.3 Å². The van der Waals surface area contributed by atoms with Crippen molar-refractivity contribution in [2.75, 3.05) is 25.5 Å². The van der Waals surface area contributed by atoms with Crippen LogP contribution in [0.2, 0.25) is 0 Å². The van der Waals surface area contributed by atoms with Crippen molar-refractivity contribution in [2.45, 2.75) is 12.8 Å². The Labute approximate surface area is 194 Å². The van der Waals surface area contributed by atoms with E-state index in [-0.39, 0.29) is 17.7 Å². The monoisotopic (exact) mass is 440 g/mol. The molecule has 3 aromatic rings. The first-order chi connectivity index (χ1) is 16.2. The van der Waals surface area contributed by atoms with Gasteiger partial charge in [-0.15, -0.1) is 0 Å². The quantitative estimate of drug-likeness (QED) is 0.428. The van der Waals surface area contributed by atoms with Gasteiger partial charge in [0.2, 0.25) is 5.91 Å². The molecule has 5 nitrogen and oxygen atoms in total. The smallest absolute Gasteiger partial charge is 0.254 e. The molecule has 0 spiro atoms. The van der Waals surface area contributed by atoms with Gasteiger partial charge in [-0.2, -0.15) is 0 Å². The van der Waals surface area contributed by atoms with Gasteiger partial charge < -0.3 is 15.0 Å². The number of likely N-dealkylation sites (tertiary alicyclic amines) is 1. The summed E-state index contributed by atoms with van der Waals surface area (Å²) in [6.45, 7) is 1.03. The van der Waals surface area contributed by atoms with Crippen LogP contribution in [0, 0.1) is 5.92 Å². The van der Waals surface area contributed by atoms with Gasteiger partial charge in [-0.05, 0) is 42.7 Å². The first-order valence-electron chi connectivity index (χ1n) is 11.2. The Morgan fingerprint density at radius 3 is 2.33 bits per heavy atom. The summed E-state index contributed by atoms with van der Waals surface area (Å²) in [4.78, 5) is 28.4. The number of nitrogens with zero attached hydrogens (tertiary/aromatic N) is 1. The number of methoxy groups -OCH3 is 1. The van der Waals surface area contributed by atoms with Crippen molar-refractivity contribution >= 4 is 29.2 Å². The van der Waals surface area contributed by atoms with Crippen LogP contribution < -0.4 is 10.1 Å². The summed E-state index contributed by atoms with van der Waals surface area (Å²) < 4.78 is 5.49. The van der Waals surface area contributed by atoms with Crippen LogP contribution in [-0.2, 0) is 9.59 Å². The van der Waals surface area contributed by atoms with Gasteiger partial charge in [0, 0.05) is 29.9 Å². The van der Waals surface area contributed by atoms with Crippen LogP contribution in [0.15, 0.2) is 84.9 Å². The Morgan fingerprint density at radius 1 is 0.939 bits per heavy atom. The van der Waals surface area contributed by atoms with Gasteiger partial charge in [0.15, 0.2) is 0 Å². The lowest BCUT2D eigenvalue weighted by Crippen LogP contribution is -2.44. The molecule has 0 aliphatic carbocycles. The predicted octanol–water partition coefficient (Wildman–Crippen LogP) is 5.11. The number of nitrogens with one attached hydrogen (secondary N) is 1. The van der Waals surface area contributed by atoms with Gasteiger partial charge in [-0.3, -0.25) is 9.59 Å². The molecule has 1 heterocycles. The molecule has 1 fully saturated rings. The highest BCUT2D eigenvalue weighted by Crippen LogP contribution is 2.28. The Morgan fingerprint density at radius 2 is 1.61 bits per heavy atom. The molecule has 33 heavy (non-hydrogen) atoms. The molecule has 0 saturated carbocycles. The van der Waals surface area contributed by atoms with E-state index in [0.717, 1.165) is 29.7 Å². The van der Waals surface area contributed by atoms with Crippen LogP contribution in [0.5, 0.6) is 5.75 Å². The minimum absolute atomic E-state index is 0.0475. The van der Waals surface area contributed by atoms with E-state index in [1.54, 1.807) is 12.0 Å². The molecule has 4 rings (SSSR count). The molecule has 2 amide bonds. The maximum Gasteiger partial charge on any atom is 0.254 e. The predicted molar refractivity (Wildman–Crippen MR) is 132 cm³/mol. The molecule has 5 heteroatoms. The molecule has 1 atom stereocenters. The Hall–Kier alpha value is -3.86. The SMILES string of the molecule is COc1ccccc1/C=C(/C(=O)N1CCCC(C(=O)Nc2ccccc2)C1)c1ccccc1. The molecule has 1 N–H and O–H groups in total. The topological polar surface area (TPSA) is 58.6 Å². The number of ether oxygens (including phenoxy) is 1. The molecular formula is C28H28N2O3. The van der Waals surface area contributed by atoms with Crippen LogP contribution in [0.3, 0.4) is 0 Å². The van der Waals surface area contributed by atoms with Crippen molar-refractivity contribution in [1.29, 1.82) is 0 Å². The van der Waals surface area contributed by atoms with Crippen LogP contribution in [-0.4, -0.2) is 36.9 Å². The highest BCUT2D eigenvalue weighted by molar-refractivity contribution is 6.24. The van der Waals surface area contributed by atoms with Gasteiger partial charge in [-0.25, -0.2) is 0 Å². The summed E-state index contributed by atoms with van der Waals surface area (Å²) in [7, 11) is 1.62. The largest absolute Gasteiger partial charge is 0.496 e. The fourth-order valence-corrected chi connectivity index (χ4v) is 4.14. The standard InChI is InChI=1S/C28H28N2O3/c1-33-26-17-9-8-13-22(26)19-25(21-11-4-2-5-12-21)28(32)30-18-10-14-23(20-30)27(31)29-24-15-6-3-7-16-24/h2-9,11-13,15-17,19,23H,10,14,18,20H2,1H3,(H,29,31)/b25-19+. The number of rotatable bonds is 6. The summed E-state index contributed by atoms with van der Waals surface area (Å²) >= 11 is 0. The number of hydrogen-bond donors (Lipinski definition) is 1. The summed E-state index contributed by atoms with van der Waals surface area (Å²) in [6.07, 6.45) is 3.43. The maximum atomic E-state index is 13.7. The first-order valence-corrected chi connectivity index (χ1v) is 11.2. The van der Waals surface area contributed by atoms with E-state index in [2.05, 4.69) is 5.32 Å². The second kappa shape index (κ2) is 10.6. The lowest BCUT2D eigenvalue weighted by Gasteiger charge is -2.33. The lowest BCUT2D eigenvalue weighted by molar-refractivity contribution is -0.129. The van der Waals surface area contributed by atoms with Gasteiger partial charge in [0.05, 0.1) is 13.0 Å². The molecule has 1 aliphatic heterocycles. The second-order valence-corrected chi connectivity index (χ2v) is 8.11. The van der Waals surface area contributed by atoms with E-state index in [0.29, 0.717) is 24.4 Å². The third kappa shape index (κ3) is 5.50. The molecule has 0 radical (unpaired) electrons. The van der Waals surface area contributed by atoms with Gasteiger partial charge in [-0.1, -0.05) is 66.7 Å². The average molecular weight is 441 g/mol. The number of amides is 2. The second-order valence-electron chi connectivity index (χ2n) is 8.11. The summed E-state index contributed by atoms with van der Waals surface area (Å²) in [6, 6.07) is 26.7. The Bertz CT molecular complexity index is 1130. The minimum Gasteiger partial charge on any atom is -0.496 e. The van der Waals surface area contributed by atoms with Gasteiger partial charge in [0.1, 0.15) is 5.75 Å². The third-order valence-electron chi connectivity index (χ3n) is 5.87. The fraction of sp³-hybridized carbons (Fsp3) is 0.214. The van der Waals surface area contributed by atoms with E-state index in [4.69, 9.17) is 4.74 Å². The molecule has 1 saturated heterocycles. The van der Waals surface area contributed by atoms with Crippen LogP contribution >= 0.6 is 0 Å². The molecule has 168 valence electrons. The van der Waals surface area contributed by atoms with Crippen molar-refractivity contribution in [3.05, 3.63) is 96.1 Å². The molecule has 1 aliphatic rings.